The van der Waals surface area contributed by atoms with Gasteiger partial charge in [0.2, 0.25) is 0 Å². The smallest absolute Gasteiger partial charge is 0.381 e. The third-order valence-electron chi connectivity index (χ3n) is 7.34. The largest absolute Gasteiger partial charge is 0.434 e. The van der Waals surface area contributed by atoms with E-state index in [2.05, 4.69) is 29.5 Å². The SMILES string of the molecule is CC(C)c1cc(CN2CC3CN(C(=O)ON4C(=O)CCC4=O)CC3C2)n(C2CCOCC2)n1. The molecule has 180 valence electrons. The molecule has 0 N–H and O–H groups in total. The van der Waals surface area contributed by atoms with Gasteiger partial charge in [-0.3, -0.25) is 19.2 Å². The number of amides is 3. The van der Waals surface area contributed by atoms with E-state index in [-0.39, 0.29) is 12.8 Å². The van der Waals surface area contributed by atoms with Gasteiger partial charge in [0.25, 0.3) is 11.8 Å². The molecule has 33 heavy (non-hydrogen) atoms. The van der Waals surface area contributed by atoms with Crippen molar-refractivity contribution in [3.63, 3.8) is 0 Å². The summed E-state index contributed by atoms with van der Waals surface area (Å²) in [5, 5.41) is 5.58. The molecule has 5 heterocycles. The number of hydrogen-bond donors (Lipinski definition) is 0. The topological polar surface area (TPSA) is 97.2 Å². The normalized spacial score (nSPS) is 26.6. The Morgan fingerprint density at radius 1 is 1.09 bits per heavy atom. The summed E-state index contributed by atoms with van der Waals surface area (Å²) in [4.78, 5) is 45.1. The Kier molecular flexibility index (Phi) is 6.13. The van der Waals surface area contributed by atoms with E-state index in [1.54, 1.807) is 4.90 Å². The van der Waals surface area contributed by atoms with Gasteiger partial charge in [-0.25, -0.2) is 4.79 Å². The zero-order valence-corrected chi connectivity index (χ0v) is 19.4. The summed E-state index contributed by atoms with van der Waals surface area (Å²) in [6.07, 6.45) is 1.61. The molecule has 2 atom stereocenters. The Bertz CT molecular complexity index is 894. The van der Waals surface area contributed by atoms with Gasteiger partial charge >= 0.3 is 6.09 Å². The molecule has 0 bridgehead atoms. The minimum Gasteiger partial charge on any atom is -0.381 e. The second-order valence-electron chi connectivity index (χ2n) is 10.1. The average molecular weight is 460 g/mol. The van der Waals surface area contributed by atoms with Crippen molar-refractivity contribution in [2.24, 2.45) is 11.8 Å². The molecule has 10 nitrogen and oxygen atoms in total. The monoisotopic (exact) mass is 459 g/mol. The van der Waals surface area contributed by atoms with Gasteiger partial charge in [0.05, 0.1) is 17.4 Å². The van der Waals surface area contributed by atoms with Gasteiger partial charge in [-0.2, -0.15) is 5.10 Å². The maximum Gasteiger partial charge on any atom is 0.434 e. The molecule has 2 unspecified atom stereocenters. The molecule has 5 rings (SSSR count). The molecule has 3 amide bonds. The average Bonchev–Trinajstić information content (AvgIpc) is 3.54. The number of carbonyl (C=O) groups excluding carboxylic acids is 3. The van der Waals surface area contributed by atoms with Gasteiger partial charge in [-0.15, -0.1) is 5.06 Å². The van der Waals surface area contributed by atoms with Crippen LogP contribution in [0.1, 0.15) is 62.9 Å². The summed E-state index contributed by atoms with van der Waals surface area (Å²) in [6, 6.07) is 2.65. The van der Waals surface area contributed by atoms with Crippen molar-refractivity contribution >= 4 is 17.9 Å². The van der Waals surface area contributed by atoms with Crippen LogP contribution < -0.4 is 0 Å². The first kappa shape index (κ1) is 22.3. The molecule has 4 aliphatic heterocycles. The number of rotatable bonds is 5. The molecule has 0 radical (unpaired) electrons. The minimum absolute atomic E-state index is 0.106. The summed E-state index contributed by atoms with van der Waals surface area (Å²) >= 11 is 0. The highest BCUT2D eigenvalue weighted by molar-refractivity contribution is 6.01. The molecule has 0 aromatic carbocycles. The number of fused-ring (bicyclic) bond motifs is 1. The molecule has 1 aromatic rings. The van der Waals surface area contributed by atoms with Crippen LogP contribution in [0.25, 0.3) is 0 Å². The number of nitrogens with zero attached hydrogens (tertiary/aromatic N) is 5. The molecule has 4 saturated heterocycles. The summed E-state index contributed by atoms with van der Waals surface area (Å²) in [6.45, 7) is 9.78. The predicted molar refractivity (Wildman–Crippen MR) is 117 cm³/mol. The van der Waals surface area contributed by atoms with E-state index in [0.717, 1.165) is 51.4 Å². The Balaban J connectivity index is 1.19. The van der Waals surface area contributed by atoms with E-state index in [4.69, 9.17) is 14.7 Å². The summed E-state index contributed by atoms with van der Waals surface area (Å²) in [7, 11) is 0. The molecule has 0 spiro atoms. The van der Waals surface area contributed by atoms with E-state index in [1.807, 2.05) is 0 Å². The highest BCUT2D eigenvalue weighted by atomic mass is 16.7. The Hall–Kier alpha value is -2.46. The molecule has 1 aromatic heterocycles. The number of ether oxygens (including phenoxy) is 1. The van der Waals surface area contributed by atoms with Crippen molar-refractivity contribution in [1.29, 1.82) is 0 Å². The summed E-state index contributed by atoms with van der Waals surface area (Å²) in [5.74, 6) is 0.233. The van der Waals surface area contributed by atoms with Crippen LogP contribution in [-0.4, -0.2) is 81.9 Å². The van der Waals surface area contributed by atoms with Crippen LogP contribution in [0.3, 0.4) is 0 Å². The van der Waals surface area contributed by atoms with E-state index in [9.17, 15) is 14.4 Å². The lowest BCUT2D eigenvalue weighted by Gasteiger charge is -2.26. The van der Waals surface area contributed by atoms with E-state index in [0.29, 0.717) is 41.9 Å². The van der Waals surface area contributed by atoms with Gasteiger partial charge in [-0.1, -0.05) is 13.8 Å². The van der Waals surface area contributed by atoms with Crippen molar-refractivity contribution in [1.82, 2.24) is 24.6 Å². The number of likely N-dealkylation sites (tertiary alicyclic amines) is 2. The van der Waals surface area contributed by atoms with E-state index >= 15 is 0 Å². The lowest BCUT2D eigenvalue weighted by molar-refractivity contribution is -0.173. The van der Waals surface area contributed by atoms with Crippen molar-refractivity contribution in [3.05, 3.63) is 17.5 Å². The highest BCUT2D eigenvalue weighted by Crippen LogP contribution is 2.33. The van der Waals surface area contributed by atoms with Gasteiger partial charge in [0.15, 0.2) is 0 Å². The lowest BCUT2D eigenvalue weighted by atomic mass is 10.0. The highest BCUT2D eigenvalue weighted by Gasteiger charge is 2.44. The third-order valence-corrected chi connectivity index (χ3v) is 7.34. The van der Waals surface area contributed by atoms with Gasteiger partial charge in [-0.05, 0) is 36.7 Å². The van der Waals surface area contributed by atoms with Gasteiger partial charge in [0, 0.05) is 58.8 Å². The fourth-order valence-corrected chi connectivity index (χ4v) is 5.49. The fourth-order valence-electron chi connectivity index (χ4n) is 5.49. The second kappa shape index (κ2) is 9.06. The van der Waals surface area contributed by atoms with Crippen LogP contribution >= 0.6 is 0 Å². The third kappa shape index (κ3) is 4.50. The first-order valence-electron chi connectivity index (χ1n) is 12.1. The predicted octanol–water partition coefficient (Wildman–Crippen LogP) is 1.92. The van der Waals surface area contributed by atoms with Crippen LogP contribution in [-0.2, 0) is 25.7 Å². The lowest BCUT2D eigenvalue weighted by Crippen LogP contribution is -2.40. The summed E-state index contributed by atoms with van der Waals surface area (Å²) in [5.41, 5.74) is 2.39. The van der Waals surface area contributed by atoms with Crippen molar-refractivity contribution in [2.75, 3.05) is 39.4 Å². The van der Waals surface area contributed by atoms with Crippen molar-refractivity contribution < 1.29 is 24.0 Å². The zero-order chi connectivity index (χ0) is 23.1. The van der Waals surface area contributed by atoms with Gasteiger partial charge in [0.1, 0.15) is 0 Å². The molecular weight excluding hydrogens is 426 g/mol. The Morgan fingerprint density at radius 2 is 1.73 bits per heavy atom. The Morgan fingerprint density at radius 3 is 2.33 bits per heavy atom. The first-order chi connectivity index (χ1) is 15.9. The maximum absolute atomic E-state index is 12.5. The van der Waals surface area contributed by atoms with Crippen molar-refractivity contribution in [2.45, 2.75) is 58.0 Å². The van der Waals surface area contributed by atoms with Crippen LogP contribution in [0, 0.1) is 11.8 Å². The van der Waals surface area contributed by atoms with E-state index in [1.165, 1.54) is 5.69 Å². The molecule has 4 aliphatic rings. The van der Waals surface area contributed by atoms with Crippen LogP contribution in [0.5, 0.6) is 0 Å². The van der Waals surface area contributed by atoms with Gasteiger partial charge < -0.3 is 14.5 Å². The molecule has 0 aliphatic carbocycles. The molecule has 0 saturated carbocycles. The number of imide groups is 1. The summed E-state index contributed by atoms with van der Waals surface area (Å²) < 4.78 is 7.78. The zero-order valence-electron chi connectivity index (χ0n) is 19.4. The fraction of sp³-hybridized carbons (Fsp3) is 0.739. The molecule has 10 heteroatoms. The molecule has 4 fully saturated rings. The molecular formula is C23H33N5O5. The maximum atomic E-state index is 12.5. The number of carbonyl (C=O) groups is 3. The van der Waals surface area contributed by atoms with Crippen LogP contribution in [0.4, 0.5) is 4.79 Å². The Labute approximate surface area is 193 Å². The minimum atomic E-state index is -0.598. The number of hydroxylamine groups is 2. The quantitative estimate of drug-likeness (QED) is 0.621. The number of aromatic nitrogens is 2. The second-order valence-corrected chi connectivity index (χ2v) is 10.1. The van der Waals surface area contributed by atoms with Crippen LogP contribution in [0.15, 0.2) is 6.07 Å². The van der Waals surface area contributed by atoms with Crippen molar-refractivity contribution in [3.8, 4) is 0 Å². The standard InChI is InChI=1S/C23H33N5O5/c1-15(2)20-9-19(27(24-20)18-5-7-32-8-6-18)14-25-10-16-12-26(13-17(16)11-25)23(31)33-28-21(29)3-4-22(28)30/h9,15-18H,3-8,10-14H2,1-2H3. The number of hydrogen-bond acceptors (Lipinski definition) is 7. The van der Waals surface area contributed by atoms with E-state index < -0.39 is 17.9 Å². The van der Waals surface area contributed by atoms with Crippen LogP contribution in [0.2, 0.25) is 0 Å². The first-order valence-corrected chi connectivity index (χ1v) is 12.1.